The minimum atomic E-state index is -0.519. The molecule has 0 bridgehead atoms. The number of aliphatic hydroxyl groups is 1. The van der Waals surface area contributed by atoms with Crippen LogP contribution in [0.1, 0.15) is 30.1 Å². The number of amides is 1. The molecule has 0 aromatic heterocycles. The van der Waals surface area contributed by atoms with E-state index in [2.05, 4.69) is 5.32 Å². The molecule has 0 spiro atoms. The van der Waals surface area contributed by atoms with Crippen LogP contribution in [-0.2, 0) is 0 Å². The lowest BCUT2D eigenvalue weighted by molar-refractivity contribution is 0.0951. The molecule has 1 rings (SSSR count). The van der Waals surface area contributed by atoms with Gasteiger partial charge in [0.05, 0.1) is 0 Å². The molecule has 1 unspecified atom stereocenters. The third-order valence-corrected chi connectivity index (χ3v) is 2.65. The van der Waals surface area contributed by atoms with Crippen LogP contribution in [0.3, 0.4) is 0 Å². The summed E-state index contributed by atoms with van der Waals surface area (Å²) in [6.45, 7) is 2.59. The van der Waals surface area contributed by atoms with Gasteiger partial charge in [-0.05, 0) is 37.0 Å². The maximum absolute atomic E-state index is 13.0. The Morgan fingerprint density at radius 2 is 2.22 bits per heavy atom. The molecule has 1 aromatic carbocycles. The summed E-state index contributed by atoms with van der Waals surface area (Å²) in [6, 6.07) is 3.76. The molecule has 100 valence electrons. The van der Waals surface area contributed by atoms with Crippen LogP contribution in [0.5, 0.6) is 0 Å². The van der Waals surface area contributed by atoms with Crippen LogP contribution in [0.15, 0.2) is 18.2 Å². The van der Waals surface area contributed by atoms with E-state index in [4.69, 9.17) is 10.8 Å². The largest absolute Gasteiger partial charge is 0.399 e. The van der Waals surface area contributed by atoms with Crippen molar-refractivity contribution in [1.29, 1.82) is 0 Å². The van der Waals surface area contributed by atoms with Crippen LogP contribution >= 0.6 is 0 Å². The van der Waals surface area contributed by atoms with Gasteiger partial charge in [0.15, 0.2) is 0 Å². The third-order valence-electron chi connectivity index (χ3n) is 2.65. The summed E-state index contributed by atoms with van der Waals surface area (Å²) < 4.78 is 13.0. The van der Waals surface area contributed by atoms with Gasteiger partial charge in [0.25, 0.3) is 5.91 Å². The topological polar surface area (TPSA) is 75.3 Å². The number of hydrogen-bond acceptors (Lipinski definition) is 3. The Kier molecular flexibility index (Phi) is 5.58. The van der Waals surface area contributed by atoms with E-state index in [0.717, 1.165) is 18.9 Å². The zero-order chi connectivity index (χ0) is 13.5. The summed E-state index contributed by atoms with van der Waals surface area (Å²) in [5.41, 5.74) is 5.92. The molecule has 0 aliphatic rings. The van der Waals surface area contributed by atoms with Gasteiger partial charge in [0.1, 0.15) is 5.82 Å². The fraction of sp³-hybridized carbons (Fsp3) is 0.462. The van der Waals surface area contributed by atoms with Crippen molar-refractivity contribution in [2.45, 2.75) is 19.8 Å². The van der Waals surface area contributed by atoms with E-state index in [-0.39, 0.29) is 29.7 Å². The molecule has 1 aromatic rings. The van der Waals surface area contributed by atoms with Gasteiger partial charge in [0.2, 0.25) is 0 Å². The third kappa shape index (κ3) is 4.71. The van der Waals surface area contributed by atoms with Crippen molar-refractivity contribution in [3.05, 3.63) is 29.6 Å². The number of carbonyl (C=O) groups excluding carboxylic acids is 1. The zero-order valence-corrected chi connectivity index (χ0v) is 10.4. The number of rotatable bonds is 6. The van der Waals surface area contributed by atoms with Crippen molar-refractivity contribution in [1.82, 2.24) is 5.32 Å². The van der Waals surface area contributed by atoms with Crippen LogP contribution in [0, 0.1) is 11.7 Å². The quantitative estimate of drug-likeness (QED) is 0.532. The Labute approximate surface area is 106 Å². The molecule has 1 atom stereocenters. The van der Waals surface area contributed by atoms with E-state index in [1.807, 2.05) is 6.92 Å². The molecule has 18 heavy (non-hydrogen) atoms. The monoisotopic (exact) mass is 254 g/mol. The fourth-order valence-corrected chi connectivity index (χ4v) is 1.59. The number of benzene rings is 1. The number of anilines is 1. The second-order valence-corrected chi connectivity index (χ2v) is 4.46. The van der Waals surface area contributed by atoms with Crippen LogP contribution in [-0.4, -0.2) is 24.2 Å². The van der Waals surface area contributed by atoms with Crippen LogP contribution < -0.4 is 11.1 Å². The van der Waals surface area contributed by atoms with Crippen molar-refractivity contribution in [3.63, 3.8) is 0 Å². The van der Waals surface area contributed by atoms with E-state index in [1.54, 1.807) is 0 Å². The van der Waals surface area contributed by atoms with Crippen molar-refractivity contribution < 1.29 is 14.3 Å². The fourth-order valence-electron chi connectivity index (χ4n) is 1.59. The lowest BCUT2D eigenvalue weighted by Crippen LogP contribution is -2.25. The summed E-state index contributed by atoms with van der Waals surface area (Å²) in [4.78, 5) is 11.7. The van der Waals surface area contributed by atoms with E-state index < -0.39 is 5.82 Å². The summed E-state index contributed by atoms with van der Waals surface area (Å²) in [5.74, 6) is -0.626. The minimum absolute atomic E-state index is 0.147. The van der Waals surface area contributed by atoms with Gasteiger partial charge in [-0.25, -0.2) is 4.39 Å². The molecule has 0 radical (unpaired) electrons. The normalized spacial score (nSPS) is 12.2. The Bertz CT molecular complexity index is 390. The highest BCUT2D eigenvalue weighted by molar-refractivity contribution is 5.95. The lowest BCUT2D eigenvalue weighted by atomic mass is 10.1. The zero-order valence-electron chi connectivity index (χ0n) is 10.4. The highest BCUT2D eigenvalue weighted by Crippen LogP contribution is 2.10. The second-order valence-electron chi connectivity index (χ2n) is 4.46. The van der Waals surface area contributed by atoms with E-state index in [9.17, 15) is 9.18 Å². The smallest absolute Gasteiger partial charge is 0.251 e. The highest BCUT2D eigenvalue weighted by Gasteiger charge is 2.07. The maximum Gasteiger partial charge on any atom is 0.251 e. The highest BCUT2D eigenvalue weighted by atomic mass is 19.1. The standard InChI is InChI=1S/C13H19FN2O2/c1-9(8-17)3-2-4-16-13(18)10-5-11(14)7-12(15)6-10/h5-7,9,17H,2-4,8,15H2,1H3,(H,16,18). The van der Waals surface area contributed by atoms with Gasteiger partial charge in [-0.2, -0.15) is 0 Å². The molecule has 0 aliphatic heterocycles. The van der Waals surface area contributed by atoms with E-state index in [1.165, 1.54) is 12.1 Å². The number of aliphatic hydroxyl groups excluding tert-OH is 1. The average Bonchev–Trinajstić information content (AvgIpc) is 2.32. The van der Waals surface area contributed by atoms with Gasteiger partial charge in [-0.15, -0.1) is 0 Å². The van der Waals surface area contributed by atoms with Gasteiger partial charge >= 0.3 is 0 Å². The van der Waals surface area contributed by atoms with Crippen LogP contribution in [0.25, 0.3) is 0 Å². The number of carbonyl (C=O) groups is 1. The van der Waals surface area contributed by atoms with Crippen LogP contribution in [0.4, 0.5) is 10.1 Å². The lowest BCUT2D eigenvalue weighted by Gasteiger charge is -2.09. The number of nitrogens with two attached hydrogens (primary N) is 1. The maximum atomic E-state index is 13.0. The minimum Gasteiger partial charge on any atom is -0.399 e. The number of halogens is 1. The Balaban J connectivity index is 2.41. The molecule has 0 fully saturated rings. The van der Waals surface area contributed by atoms with Gasteiger partial charge < -0.3 is 16.2 Å². The van der Waals surface area contributed by atoms with Gasteiger partial charge in [-0.3, -0.25) is 4.79 Å². The van der Waals surface area contributed by atoms with Crippen molar-refractivity contribution >= 4 is 11.6 Å². The number of hydrogen-bond donors (Lipinski definition) is 3. The molecule has 5 heteroatoms. The molecule has 0 saturated heterocycles. The molecule has 0 saturated carbocycles. The molecule has 1 amide bonds. The van der Waals surface area contributed by atoms with Crippen molar-refractivity contribution in [2.75, 3.05) is 18.9 Å². The van der Waals surface area contributed by atoms with E-state index in [0.29, 0.717) is 6.54 Å². The van der Waals surface area contributed by atoms with Gasteiger partial charge in [-0.1, -0.05) is 6.92 Å². The first kappa shape index (κ1) is 14.4. The van der Waals surface area contributed by atoms with Crippen molar-refractivity contribution in [2.24, 2.45) is 5.92 Å². The SMILES string of the molecule is CC(CO)CCCNC(=O)c1cc(N)cc(F)c1. The first-order chi connectivity index (χ1) is 8.52. The summed E-state index contributed by atoms with van der Waals surface area (Å²) in [6.07, 6.45) is 1.61. The molecular weight excluding hydrogens is 235 g/mol. The van der Waals surface area contributed by atoms with E-state index >= 15 is 0 Å². The summed E-state index contributed by atoms with van der Waals surface area (Å²) >= 11 is 0. The number of nitrogens with one attached hydrogen (secondary N) is 1. The first-order valence-corrected chi connectivity index (χ1v) is 5.98. The molecule has 0 aliphatic carbocycles. The molecular formula is C13H19FN2O2. The number of nitrogen functional groups attached to an aromatic ring is 1. The van der Waals surface area contributed by atoms with Crippen LogP contribution in [0.2, 0.25) is 0 Å². The second kappa shape index (κ2) is 6.96. The summed E-state index contributed by atoms with van der Waals surface area (Å²) in [7, 11) is 0. The average molecular weight is 254 g/mol. The Morgan fingerprint density at radius 3 is 2.83 bits per heavy atom. The molecule has 4 nitrogen and oxygen atoms in total. The predicted molar refractivity (Wildman–Crippen MR) is 68.6 cm³/mol. The molecule has 4 N–H and O–H groups in total. The molecule has 0 heterocycles. The Morgan fingerprint density at radius 1 is 1.50 bits per heavy atom. The first-order valence-electron chi connectivity index (χ1n) is 5.98. The van der Waals surface area contributed by atoms with Crippen molar-refractivity contribution in [3.8, 4) is 0 Å². The summed E-state index contributed by atoms with van der Waals surface area (Å²) in [5, 5.41) is 11.5. The Hall–Kier alpha value is -1.62. The van der Waals surface area contributed by atoms with Gasteiger partial charge in [0, 0.05) is 24.4 Å². The predicted octanol–water partition coefficient (Wildman–Crippen LogP) is 1.55.